The Morgan fingerprint density at radius 2 is 1.82 bits per heavy atom. The number of fused-ring (bicyclic) bond motifs is 1. The highest BCUT2D eigenvalue weighted by atomic mass is 16.6. The quantitative estimate of drug-likeness (QED) is 0.355. The van der Waals surface area contributed by atoms with Crippen LogP contribution in [-0.2, 0) is 16.1 Å². The van der Waals surface area contributed by atoms with Crippen LogP contribution >= 0.6 is 0 Å². The van der Waals surface area contributed by atoms with Gasteiger partial charge in [-0.05, 0) is 48.0 Å². The fourth-order valence-electron chi connectivity index (χ4n) is 4.16. The van der Waals surface area contributed by atoms with Gasteiger partial charge in [0.2, 0.25) is 0 Å². The highest BCUT2D eigenvalue weighted by molar-refractivity contribution is 6.46. The molecule has 2 aliphatic rings. The van der Waals surface area contributed by atoms with Crippen molar-refractivity contribution in [1.82, 2.24) is 9.88 Å². The minimum Gasteiger partial charge on any atom is -0.507 e. The van der Waals surface area contributed by atoms with Gasteiger partial charge in [0.1, 0.15) is 30.8 Å². The van der Waals surface area contributed by atoms with Crippen molar-refractivity contribution in [1.29, 1.82) is 0 Å². The molecule has 1 atom stereocenters. The molecule has 172 valence electrons. The average Bonchev–Trinajstić information content (AvgIpc) is 3.14. The first-order valence-corrected chi connectivity index (χ1v) is 10.8. The number of likely N-dealkylation sites (tertiary alicyclic amines) is 1. The monoisotopic (exact) mass is 458 g/mol. The normalized spacial score (nSPS) is 18.7. The van der Waals surface area contributed by atoms with Gasteiger partial charge in [-0.3, -0.25) is 14.6 Å². The smallest absolute Gasteiger partial charge is 0.296 e. The lowest BCUT2D eigenvalue weighted by molar-refractivity contribution is -0.140. The molecule has 1 saturated heterocycles. The van der Waals surface area contributed by atoms with Crippen molar-refractivity contribution in [3.8, 4) is 17.2 Å². The first kappa shape index (κ1) is 21.5. The highest BCUT2D eigenvalue weighted by Gasteiger charge is 2.46. The second-order valence-corrected chi connectivity index (χ2v) is 7.89. The largest absolute Gasteiger partial charge is 0.507 e. The molecule has 34 heavy (non-hydrogen) atoms. The zero-order chi connectivity index (χ0) is 23.7. The SMILES string of the molecule is COc1ccc(CN2C(=O)C(=O)/C(=C(\O)c3ccc4c(c3)OCCO4)C2c2ccccn2)cc1. The number of ether oxygens (including phenoxy) is 3. The number of Topliss-reactive ketones (excluding diaryl/α,β-unsaturated/α-hetero) is 1. The molecule has 1 fully saturated rings. The Bertz CT molecular complexity index is 1270. The van der Waals surface area contributed by atoms with Crippen molar-refractivity contribution >= 4 is 17.4 Å². The van der Waals surface area contributed by atoms with Crippen LogP contribution in [0.2, 0.25) is 0 Å². The van der Waals surface area contributed by atoms with E-state index in [1.165, 1.54) is 4.90 Å². The number of hydrogen-bond acceptors (Lipinski definition) is 7. The van der Waals surface area contributed by atoms with Crippen LogP contribution in [0.3, 0.4) is 0 Å². The van der Waals surface area contributed by atoms with Gasteiger partial charge in [0, 0.05) is 18.3 Å². The lowest BCUT2D eigenvalue weighted by Gasteiger charge is -2.25. The number of carbonyl (C=O) groups is 2. The van der Waals surface area contributed by atoms with Crippen molar-refractivity contribution < 1.29 is 28.9 Å². The van der Waals surface area contributed by atoms with Gasteiger partial charge in [-0.1, -0.05) is 18.2 Å². The second kappa shape index (κ2) is 8.90. The van der Waals surface area contributed by atoms with Crippen LogP contribution in [-0.4, -0.2) is 47.0 Å². The number of carbonyl (C=O) groups excluding carboxylic acids is 2. The Labute approximate surface area is 196 Å². The number of ketones is 1. The molecule has 3 heterocycles. The Kier molecular flexibility index (Phi) is 5.63. The van der Waals surface area contributed by atoms with Crippen molar-refractivity contribution in [3.05, 3.63) is 89.3 Å². The molecular formula is C26H22N2O6. The predicted octanol–water partition coefficient (Wildman–Crippen LogP) is 3.48. The summed E-state index contributed by atoms with van der Waals surface area (Å²) in [5, 5.41) is 11.2. The molecule has 1 unspecified atom stereocenters. The first-order chi connectivity index (χ1) is 16.6. The Morgan fingerprint density at radius 3 is 2.53 bits per heavy atom. The summed E-state index contributed by atoms with van der Waals surface area (Å²) in [6.07, 6.45) is 1.59. The van der Waals surface area contributed by atoms with Crippen molar-refractivity contribution in [3.63, 3.8) is 0 Å². The summed E-state index contributed by atoms with van der Waals surface area (Å²) in [6, 6.07) is 16.6. The number of hydrogen-bond donors (Lipinski definition) is 1. The maximum absolute atomic E-state index is 13.2. The van der Waals surface area contributed by atoms with Crippen LogP contribution in [0.4, 0.5) is 0 Å². The van der Waals surface area contributed by atoms with E-state index in [-0.39, 0.29) is 17.9 Å². The standard InChI is InChI=1S/C26H22N2O6/c1-32-18-8-5-16(6-9-18)15-28-23(19-4-2-3-11-27-19)22(25(30)26(28)31)24(29)17-7-10-20-21(14-17)34-13-12-33-20/h2-11,14,23,29H,12-13,15H2,1H3/b24-22-. The van der Waals surface area contributed by atoms with E-state index in [1.54, 1.807) is 61.8 Å². The minimum atomic E-state index is -0.850. The number of amides is 1. The number of pyridine rings is 1. The Hall–Kier alpha value is -4.33. The highest BCUT2D eigenvalue weighted by Crippen LogP contribution is 2.41. The van der Waals surface area contributed by atoms with Crippen LogP contribution in [0.25, 0.3) is 5.76 Å². The summed E-state index contributed by atoms with van der Waals surface area (Å²) in [6.45, 7) is 0.986. The Balaban J connectivity index is 1.59. The molecular weight excluding hydrogens is 436 g/mol. The van der Waals surface area contributed by atoms with Crippen molar-refractivity contribution in [2.24, 2.45) is 0 Å². The molecule has 0 aliphatic carbocycles. The molecule has 0 bridgehead atoms. The molecule has 0 radical (unpaired) electrons. The van der Waals surface area contributed by atoms with Gasteiger partial charge in [0.15, 0.2) is 11.5 Å². The third kappa shape index (κ3) is 3.83. The van der Waals surface area contributed by atoms with Gasteiger partial charge < -0.3 is 24.2 Å². The maximum atomic E-state index is 13.2. The van der Waals surface area contributed by atoms with Gasteiger partial charge in [-0.15, -0.1) is 0 Å². The maximum Gasteiger partial charge on any atom is 0.296 e. The zero-order valence-electron chi connectivity index (χ0n) is 18.4. The van der Waals surface area contributed by atoms with E-state index in [4.69, 9.17) is 14.2 Å². The van der Waals surface area contributed by atoms with Gasteiger partial charge in [0.25, 0.3) is 11.7 Å². The summed E-state index contributed by atoms with van der Waals surface area (Å²) in [5.74, 6) is -0.0443. The fourth-order valence-corrected chi connectivity index (χ4v) is 4.16. The summed E-state index contributed by atoms with van der Waals surface area (Å²) in [7, 11) is 1.58. The second-order valence-electron chi connectivity index (χ2n) is 7.89. The average molecular weight is 458 g/mol. The molecule has 2 aliphatic heterocycles. The van der Waals surface area contributed by atoms with Crippen LogP contribution in [0.15, 0.2) is 72.4 Å². The van der Waals surface area contributed by atoms with Crippen LogP contribution in [0, 0.1) is 0 Å². The zero-order valence-corrected chi connectivity index (χ0v) is 18.4. The van der Waals surface area contributed by atoms with E-state index < -0.39 is 17.7 Å². The third-order valence-electron chi connectivity index (χ3n) is 5.84. The van der Waals surface area contributed by atoms with E-state index in [0.717, 1.165) is 5.56 Å². The van der Waals surface area contributed by atoms with E-state index in [0.29, 0.717) is 41.7 Å². The van der Waals surface area contributed by atoms with Crippen molar-refractivity contribution in [2.45, 2.75) is 12.6 Å². The fraction of sp³-hybridized carbons (Fsp3) is 0.192. The van der Waals surface area contributed by atoms with E-state index in [1.807, 2.05) is 12.1 Å². The van der Waals surface area contributed by atoms with Crippen LogP contribution in [0.1, 0.15) is 22.9 Å². The van der Waals surface area contributed by atoms with Crippen LogP contribution < -0.4 is 14.2 Å². The number of nitrogens with zero attached hydrogens (tertiary/aromatic N) is 2. The van der Waals surface area contributed by atoms with Gasteiger partial charge in [-0.25, -0.2) is 0 Å². The van der Waals surface area contributed by atoms with Gasteiger partial charge in [-0.2, -0.15) is 0 Å². The summed E-state index contributed by atoms with van der Waals surface area (Å²) < 4.78 is 16.4. The summed E-state index contributed by atoms with van der Waals surface area (Å²) in [5.41, 5.74) is 1.62. The molecule has 2 aromatic carbocycles. The van der Waals surface area contributed by atoms with E-state index in [9.17, 15) is 14.7 Å². The molecule has 8 heteroatoms. The molecule has 5 rings (SSSR count). The number of aliphatic hydroxyl groups is 1. The van der Waals surface area contributed by atoms with Crippen LogP contribution in [0.5, 0.6) is 17.2 Å². The predicted molar refractivity (Wildman–Crippen MR) is 123 cm³/mol. The first-order valence-electron chi connectivity index (χ1n) is 10.8. The lowest BCUT2D eigenvalue weighted by atomic mass is 9.98. The number of benzene rings is 2. The van der Waals surface area contributed by atoms with E-state index in [2.05, 4.69) is 4.98 Å². The summed E-state index contributed by atoms with van der Waals surface area (Å²) >= 11 is 0. The van der Waals surface area contributed by atoms with E-state index >= 15 is 0 Å². The molecule has 0 saturated carbocycles. The third-order valence-corrected chi connectivity index (χ3v) is 5.84. The number of aliphatic hydroxyl groups excluding tert-OH is 1. The molecule has 8 nitrogen and oxygen atoms in total. The van der Waals surface area contributed by atoms with Gasteiger partial charge in [0.05, 0.1) is 18.4 Å². The summed E-state index contributed by atoms with van der Waals surface area (Å²) in [4.78, 5) is 32.1. The Morgan fingerprint density at radius 1 is 1.06 bits per heavy atom. The van der Waals surface area contributed by atoms with Gasteiger partial charge >= 0.3 is 0 Å². The topological polar surface area (TPSA) is 98.2 Å². The molecule has 3 aromatic rings. The lowest BCUT2D eigenvalue weighted by Crippen LogP contribution is -2.29. The molecule has 1 aromatic heterocycles. The number of rotatable bonds is 5. The molecule has 1 amide bonds. The minimum absolute atomic E-state index is 0.0195. The number of methoxy groups -OCH3 is 1. The molecule has 1 N–H and O–H groups in total. The van der Waals surface area contributed by atoms with Crippen molar-refractivity contribution in [2.75, 3.05) is 20.3 Å². The molecule has 0 spiro atoms. The number of aromatic nitrogens is 1.